The fourth-order valence-corrected chi connectivity index (χ4v) is 3.64. The summed E-state index contributed by atoms with van der Waals surface area (Å²) in [6, 6.07) is 0.533. The summed E-state index contributed by atoms with van der Waals surface area (Å²) < 4.78 is 0. The third kappa shape index (κ3) is 1.18. The van der Waals surface area contributed by atoms with Crippen LogP contribution in [-0.4, -0.2) is 11.9 Å². The Kier molecular flexibility index (Phi) is 1.64. The van der Waals surface area contributed by atoms with E-state index in [0.717, 1.165) is 18.3 Å². The zero-order valence-corrected chi connectivity index (χ0v) is 7.96. The molecule has 2 nitrogen and oxygen atoms in total. The number of hydrogen-bond donors (Lipinski definition) is 1. The fraction of sp³-hybridized carbons (Fsp3) is 0.909. The summed E-state index contributed by atoms with van der Waals surface area (Å²) in [6.45, 7) is 0. The predicted octanol–water partition coefficient (Wildman–Crippen LogP) is 1.70. The van der Waals surface area contributed by atoms with Gasteiger partial charge in [0, 0.05) is 12.0 Å². The van der Waals surface area contributed by atoms with E-state index < -0.39 is 0 Å². The molecule has 4 unspecified atom stereocenters. The predicted molar refractivity (Wildman–Crippen MR) is 50.1 cm³/mol. The molecule has 2 aliphatic carbocycles. The minimum Gasteiger partial charge on any atom is -0.353 e. The van der Waals surface area contributed by atoms with Crippen LogP contribution in [-0.2, 0) is 4.79 Å². The minimum atomic E-state index is 0.354. The zero-order chi connectivity index (χ0) is 8.84. The third-order valence-electron chi connectivity index (χ3n) is 4.27. The molecular formula is C11H17NO. The molecule has 13 heavy (non-hydrogen) atoms. The van der Waals surface area contributed by atoms with E-state index in [1.807, 2.05) is 0 Å². The average Bonchev–Trinajstić information content (AvgIpc) is 2.28. The molecular weight excluding hydrogens is 162 g/mol. The Morgan fingerprint density at radius 2 is 1.92 bits per heavy atom. The van der Waals surface area contributed by atoms with Crippen LogP contribution >= 0.6 is 0 Å². The lowest BCUT2D eigenvalue weighted by Gasteiger charge is -2.19. The molecule has 3 rings (SSSR count). The van der Waals surface area contributed by atoms with Crippen LogP contribution in [0.3, 0.4) is 0 Å². The van der Waals surface area contributed by atoms with Crippen molar-refractivity contribution in [2.45, 2.75) is 44.6 Å². The van der Waals surface area contributed by atoms with Crippen molar-refractivity contribution in [3.63, 3.8) is 0 Å². The van der Waals surface area contributed by atoms with Crippen LogP contribution in [0.1, 0.15) is 38.5 Å². The molecule has 72 valence electrons. The molecule has 1 saturated heterocycles. The van der Waals surface area contributed by atoms with Gasteiger partial charge < -0.3 is 5.32 Å². The highest BCUT2D eigenvalue weighted by Crippen LogP contribution is 2.44. The van der Waals surface area contributed by atoms with Gasteiger partial charge in [-0.3, -0.25) is 4.79 Å². The Morgan fingerprint density at radius 1 is 1.08 bits per heavy atom. The average molecular weight is 179 g/mol. The van der Waals surface area contributed by atoms with Crippen LogP contribution in [0.25, 0.3) is 0 Å². The van der Waals surface area contributed by atoms with Gasteiger partial charge in [0.15, 0.2) is 0 Å². The van der Waals surface area contributed by atoms with Crippen molar-refractivity contribution >= 4 is 5.91 Å². The number of amides is 1. The van der Waals surface area contributed by atoms with Gasteiger partial charge in [0.1, 0.15) is 0 Å². The Hall–Kier alpha value is -0.530. The third-order valence-corrected chi connectivity index (χ3v) is 4.27. The normalized spacial score (nSPS) is 48.5. The van der Waals surface area contributed by atoms with Crippen molar-refractivity contribution < 1.29 is 4.79 Å². The van der Waals surface area contributed by atoms with E-state index in [2.05, 4.69) is 5.32 Å². The van der Waals surface area contributed by atoms with Crippen LogP contribution in [0.5, 0.6) is 0 Å². The van der Waals surface area contributed by atoms with Gasteiger partial charge >= 0.3 is 0 Å². The number of nitrogens with one attached hydrogen (secondary N) is 1. The molecule has 3 fully saturated rings. The van der Waals surface area contributed by atoms with Gasteiger partial charge in [0.25, 0.3) is 0 Å². The maximum atomic E-state index is 11.7. The summed E-state index contributed by atoms with van der Waals surface area (Å²) in [4.78, 5) is 11.7. The first-order chi connectivity index (χ1) is 6.33. The van der Waals surface area contributed by atoms with E-state index in [1.54, 1.807) is 0 Å². The first kappa shape index (κ1) is 7.84. The van der Waals surface area contributed by atoms with Gasteiger partial charge in [0.05, 0.1) is 0 Å². The number of rotatable bonds is 0. The molecule has 0 radical (unpaired) electrons. The monoisotopic (exact) mass is 179 g/mol. The van der Waals surface area contributed by atoms with E-state index in [1.165, 1.54) is 32.1 Å². The smallest absolute Gasteiger partial charge is 0.223 e. The molecule has 1 N–H and O–H groups in total. The summed E-state index contributed by atoms with van der Waals surface area (Å²) in [5.74, 6) is 2.53. The van der Waals surface area contributed by atoms with Crippen molar-refractivity contribution in [2.75, 3.05) is 0 Å². The maximum Gasteiger partial charge on any atom is 0.223 e. The highest BCUT2D eigenvalue weighted by Gasteiger charge is 2.42. The maximum absolute atomic E-state index is 11.7. The molecule has 0 aromatic heterocycles. The van der Waals surface area contributed by atoms with Crippen LogP contribution in [0, 0.1) is 17.8 Å². The molecule has 3 bridgehead atoms. The Balaban J connectivity index is 1.93. The van der Waals surface area contributed by atoms with Crippen molar-refractivity contribution in [1.82, 2.24) is 5.32 Å². The SMILES string of the molecule is O=C1NC2CC3CCCC1CC3C2. The van der Waals surface area contributed by atoms with Gasteiger partial charge in [-0.05, 0) is 37.5 Å². The van der Waals surface area contributed by atoms with Gasteiger partial charge in [-0.25, -0.2) is 0 Å². The number of hydrogen-bond acceptors (Lipinski definition) is 1. The van der Waals surface area contributed by atoms with Gasteiger partial charge in [-0.2, -0.15) is 0 Å². The van der Waals surface area contributed by atoms with E-state index in [9.17, 15) is 4.79 Å². The lowest BCUT2D eigenvalue weighted by Crippen LogP contribution is -2.36. The molecule has 2 heteroatoms. The second-order valence-corrected chi connectivity index (χ2v) is 5.06. The van der Waals surface area contributed by atoms with Crippen LogP contribution < -0.4 is 5.32 Å². The molecule has 3 aliphatic rings. The number of carbonyl (C=O) groups is 1. The number of fused-ring (bicyclic) bond motifs is 2. The van der Waals surface area contributed by atoms with Gasteiger partial charge in [0.2, 0.25) is 5.91 Å². The summed E-state index contributed by atoms with van der Waals surface area (Å²) in [6.07, 6.45) is 7.53. The molecule has 0 aromatic rings. The first-order valence-corrected chi connectivity index (χ1v) is 5.63. The van der Waals surface area contributed by atoms with E-state index in [0.29, 0.717) is 17.9 Å². The summed E-state index contributed by atoms with van der Waals surface area (Å²) in [7, 11) is 0. The summed E-state index contributed by atoms with van der Waals surface area (Å²) in [5, 5.41) is 3.20. The molecule has 0 aromatic carbocycles. The quantitative estimate of drug-likeness (QED) is 0.602. The van der Waals surface area contributed by atoms with Crippen molar-refractivity contribution in [3.8, 4) is 0 Å². The largest absolute Gasteiger partial charge is 0.353 e. The van der Waals surface area contributed by atoms with Crippen LogP contribution in [0.15, 0.2) is 0 Å². The Labute approximate surface area is 79.1 Å². The summed E-state index contributed by atoms with van der Waals surface area (Å²) in [5.41, 5.74) is 0. The highest BCUT2D eigenvalue weighted by atomic mass is 16.2. The van der Waals surface area contributed by atoms with E-state index in [-0.39, 0.29) is 0 Å². The van der Waals surface area contributed by atoms with Crippen LogP contribution in [0.2, 0.25) is 0 Å². The molecule has 4 atom stereocenters. The molecule has 1 heterocycles. The lowest BCUT2D eigenvalue weighted by molar-refractivity contribution is -0.125. The fourth-order valence-electron chi connectivity index (χ4n) is 3.64. The van der Waals surface area contributed by atoms with Crippen LogP contribution in [0.4, 0.5) is 0 Å². The standard InChI is InChI=1S/C11H17NO/c13-11-8-3-1-2-7-5-10(12-11)6-9(7)4-8/h7-10H,1-6H2,(H,12,13). The van der Waals surface area contributed by atoms with Crippen molar-refractivity contribution in [1.29, 1.82) is 0 Å². The number of carbonyl (C=O) groups excluding carboxylic acids is 1. The van der Waals surface area contributed by atoms with E-state index >= 15 is 0 Å². The molecule has 1 amide bonds. The Morgan fingerprint density at radius 3 is 2.85 bits per heavy atom. The Bertz CT molecular complexity index is 236. The molecule has 0 spiro atoms. The molecule has 1 aliphatic heterocycles. The summed E-state index contributed by atoms with van der Waals surface area (Å²) >= 11 is 0. The van der Waals surface area contributed by atoms with Crippen molar-refractivity contribution in [2.24, 2.45) is 17.8 Å². The highest BCUT2D eigenvalue weighted by molar-refractivity contribution is 5.79. The lowest BCUT2D eigenvalue weighted by atomic mass is 9.88. The van der Waals surface area contributed by atoms with Gasteiger partial charge in [-0.15, -0.1) is 0 Å². The van der Waals surface area contributed by atoms with E-state index in [4.69, 9.17) is 0 Å². The van der Waals surface area contributed by atoms with Gasteiger partial charge in [-0.1, -0.05) is 12.8 Å². The second kappa shape index (κ2) is 2.73. The second-order valence-electron chi connectivity index (χ2n) is 5.06. The minimum absolute atomic E-state index is 0.354. The zero-order valence-electron chi connectivity index (χ0n) is 7.96. The molecule has 2 saturated carbocycles. The first-order valence-electron chi connectivity index (χ1n) is 5.63. The van der Waals surface area contributed by atoms with Crippen molar-refractivity contribution in [3.05, 3.63) is 0 Å². The topological polar surface area (TPSA) is 29.1 Å².